The summed E-state index contributed by atoms with van der Waals surface area (Å²) in [5.41, 5.74) is 0.644. The minimum Gasteiger partial charge on any atom is -0.465 e. The van der Waals surface area contributed by atoms with Crippen molar-refractivity contribution in [2.24, 2.45) is 0 Å². The zero-order chi connectivity index (χ0) is 11.3. The minimum atomic E-state index is -0.845. The fraction of sp³-hybridized carbons (Fsp3) is 0.273. The van der Waals surface area contributed by atoms with E-state index in [2.05, 4.69) is 15.9 Å². The predicted molar refractivity (Wildman–Crippen MR) is 59.1 cm³/mol. The Balaban J connectivity index is 2.93. The molecule has 15 heavy (non-hydrogen) atoms. The molecule has 1 atom stereocenters. The number of hydrogen-bond donors (Lipinski definition) is 0. The van der Waals surface area contributed by atoms with Crippen LogP contribution in [0.15, 0.2) is 28.7 Å². The molecule has 0 aliphatic carbocycles. The number of carbonyl (C=O) groups is 1. The maximum atomic E-state index is 11.4. The van der Waals surface area contributed by atoms with E-state index in [0.717, 1.165) is 4.47 Å². The molecule has 4 heteroatoms. The van der Waals surface area contributed by atoms with Gasteiger partial charge in [0.25, 0.3) is 0 Å². The third-order valence-electron chi connectivity index (χ3n) is 1.83. The molecule has 3 nitrogen and oxygen atoms in total. The predicted octanol–water partition coefficient (Wildman–Crippen LogP) is 2.62. The second-order valence-corrected chi connectivity index (χ2v) is 3.78. The summed E-state index contributed by atoms with van der Waals surface area (Å²) in [6.45, 7) is 2.00. The van der Waals surface area contributed by atoms with E-state index in [1.54, 1.807) is 25.1 Å². The first-order valence-electron chi connectivity index (χ1n) is 4.50. The van der Waals surface area contributed by atoms with Gasteiger partial charge in [-0.25, -0.2) is 0 Å². The summed E-state index contributed by atoms with van der Waals surface area (Å²) in [5, 5.41) is 8.90. The van der Waals surface area contributed by atoms with Gasteiger partial charge in [-0.05, 0) is 24.6 Å². The Labute approximate surface area is 96.8 Å². The number of carbonyl (C=O) groups excluding carboxylic acids is 1. The molecule has 1 rings (SSSR count). The molecule has 0 fully saturated rings. The first kappa shape index (κ1) is 11.7. The van der Waals surface area contributed by atoms with Crippen molar-refractivity contribution in [3.8, 4) is 6.07 Å². The third-order valence-corrected chi connectivity index (χ3v) is 2.33. The van der Waals surface area contributed by atoms with Crippen molar-refractivity contribution in [2.75, 3.05) is 6.61 Å². The van der Waals surface area contributed by atoms with Gasteiger partial charge < -0.3 is 4.74 Å². The van der Waals surface area contributed by atoms with E-state index in [9.17, 15) is 4.79 Å². The van der Waals surface area contributed by atoms with Gasteiger partial charge >= 0.3 is 5.97 Å². The smallest absolute Gasteiger partial charge is 0.327 e. The number of esters is 1. The van der Waals surface area contributed by atoms with Gasteiger partial charge in [-0.3, -0.25) is 4.79 Å². The lowest BCUT2D eigenvalue weighted by Crippen LogP contribution is -2.14. The molecule has 0 saturated heterocycles. The maximum absolute atomic E-state index is 11.4. The van der Waals surface area contributed by atoms with Crippen molar-refractivity contribution in [2.45, 2.75) is 12.8 Å². The van der Waals surface area contributed by atoms with Gasteiger partial charge in [-0.2, -0.15) is 5.26 Å². The molecule has 0 N–H and O–H groups in total. The summed E-state index contributed by atoms with van der Waals surface area (Å²) < 4.78 is 5.65. The Bertz CT molecular complexity index is 398. The molecule has 0 aliphatic heterocycles. The van der Waals surface area contributed by atoms with Gasteiger partial charge in [0.1, 0.15) is 0 Å². The molecule has 1 aromatic carbocycles. The van der Waals surface area contributed by atoms with Gasteiger partial charge in [0.2, 0.25) is 0 Å². The van der Waals surface area contributed by atoms with E-state index in [-0.39, 0.29) is 6.61 Å². The van der Waals surface area contributed by atoms with Gasteiger partial charge in [-0.15, -0.1) is 0 Å². The van der Waals surface area contributed by atoms with Crippen LogP contribution >= 0.6 is 15.9 Å². The molecule has 0 radical (unpaired) electrons. The normalized spacial score (nSPS) is 11.5. The van der Waals surface area contributed by atoms with Crippen LogP contribution in [0.1, 0.15) is 18.4 Å². The highest BCUT2D eigenvalue weighted by Crippen LogP contribution is 2.20. The van der Waals surface area contributed by atoms with Crippen molar-refractivity contribution < 1.29 is 9.53 Å². The zero-order valence-electron chi connectivity index (χ0n) is 8.24. The molecule has 0 aliphatic rings. The van der Waals surface area contributed by atoms with E-state index < -0.39 is 11.9 Å². The molecule has 0 amide bonds. The zero-order valence-corrected chi connectivity index (χ0v) is 9.82. The molecule has 0 bridgehead atoms. The summed E-state index contributed by atoms with van der Waals surface area (Å²) in [6, 6.07) is 9.02. The lowest BCUT2D eigenvalue weighted by Gasteiger charge is -2.08. The maximum Gasteiger partial charge on any atom is 0.327 e. The fourth-order valence-corrected chi connectivity index (χ4v) is 1.59. The average molecular weight is 268 g/mol. The highest BCUT2D eigenvalue weighted by molar-refractivity contribution is 9.10. The van der Waals surface area contributed by atoms with Crippen molar-refractivity contribution in [1.29, 1.82) is 5.26 Å². The number of nitrogens with zero attached hydrogens (tertiary/aromatic N) is 1. The average Bonchev–Trinajstić information content (AvgIpc) is 2.19. The second-order valence-electron chi connectivity index (χ2n) is 2.87. The molecule has 0 aromatic heterocycles. The van der Waals surface area contributed by atoms with E-state index in [1.807, 2.05) is 12.1 Å². The molecule has 0 spiro atoms. The number of nitriles is 1. The standard InChI is InChI=1S/C11H10BrNO2/c1-2-15-11(14)10(7-13)8-4-3-5-9(12)6-8/h3-6,10H,2H2,1H3. The van der Waals surface area contributed by atoms with Crippen LogP contribution in [0.4, 0.5) is 0 Å². The van der Waals surface area contributed by atoms with E-state index in [0.29, 0.717) is 5.56 Å². The van der Waals surface area contributed by atoms with Gasteiger partial charge in [0.15, 0.2) is 5.92 Å². The fourth-order valence-electron chi connectivity index (χ4n) is 1.18. The highest BCUT2D eigenvalue weighted by Gasteiger charge is 2.21. The number of rotatable bonds is 3. The van der Waals surface area contributed by atoms with E-state index in [1.165, 1.54) is 0 Å². The van der Waals surface area contributed by atoms with E-state index in [4.69, 9.17) is 10.00 Å². The van der Waals surface area contributed by atoms with Crippen molar-refractivity contribution >= 4 is 21.9 Å². The third kappa shape index (κ3) is 3.07. The van der Waals surface area contributed by atoms with Crippen LogP contribution in [0, 0.1) is 11.3 Å². The summed E-state index contributed by atoms with van der Waals surface area (Å²) in [6.07, 6.45) is 0. The minimum absolute atomic E-state index is 0.283. The lowest BCUT2D eigenvalue weighted by atomic mass is 10.0. The molecular formula is C11H10BrNO2. The summed E-state index contributed by atoms with van der Waals surface area (Å²) in [4.78, 5) is 11.4. The summed E-state index contributed by atoms with van der Waals surface area (Å²) in [5.74, 6) is -1.35. The first-order valence-corrected chi connectivity index (χ1v) is 5.30. The van der Waals surface area contributed by atoms with Gasteiger partial charge in [0.05, 0.1) is 12.7 Å². The van der Waals surface area contributed by atoms with Crippen LogP contribution in [-0.4, -0.2) is 12.6 Å². The SMILES string of the molecule is CCOC(=O)C(C#N)c1cccc(Br)c1. The van der Waals surface area contributed by atoms with Crippen molar-refractivity contribution in [1.82, 2.24) is 0 Å². The van der Waals surface area contributed by atoms with Crippen LogP contribution < -0.4 is 0 Å². The summed E-state index contributed by atoms with van der Waals surface area (Å²) in [7, 11) is 0. The second kappa shape index (κ2) is 5.52. The van der Waals surface area contributed by atoms with Crippen LogP contribution in [0.25, 0.3) is 0 Å². The number of ether oxygens (including phenoxy) is 1. The van der Waals surface area contributed by atoms with Crippen LogP contribution in [0.5, 0.6) is 0 Å². The van der Waals surface area contributed by atoms with E-state index >= 15 is 0 Å². The quantitative estimate of drug-likeness (QED) is 0.792. The Morgan fingerprint density at radius 1 is 1.67 bits per heavy atom. The van der Waals surface area contributed by atoms with Crippen molar-refractivity contribution in [3.05, 3.63) is 34.3 Å². The lowest BCUT2D eigenvalue weighted by molar-refractivity contribution is -0.143. The highest BCUT2D eigenvalue weighted by atomic mass is 79.9. The molecule has 1 aromatic rings. The molecule has 1 unspecified atom stereocenters. The molecule has 0 heterocycles. The van der Waals surface area contributed by atoms with Gasteiger partial charge in [-0.1, -0.05) is 28.1 Å². The Morgan fingerprint density at radius 2 is 2.40 bits per heavy atom. The number of halogens is 1. The monoisotopic (exact) mass is 267 g/mol. The number of benzene rings is 1. The number of hydrogen-bond acceptors (Lipinski definition) is 3. The molecule has 78 valence electrons. The van der Waals surface area contributed by atoms with Gasteiger partial charge in [0, 0.05) is 4.47 Å². The molecular weight excluding hydrogens is 258 g/mol. The van der Waals surface area contributed by atoms with Crippen molar-refractivity contribution in [3.63, 3.8) is 0 Å². The largest absolute Gasteiger partial charge is 0.465 e. The topological polar surface area (TPSA) is 50.1 Å². The van der Waals surface area contributed by atoms with Crippen LogP contribution in [0.2, 0.25) is 0 Å². The van der Waals surface area contributed by atoms with Crippen LogP contribution in [-0.2, 0) is 9.53 Å². The van der Waals surface area contributed by atoms with Crippen LogP contribution in [0.3, 0.4) is 0 Å². The summed E-state index contributed by atoms with van der Waals surface area (Å²) >= 11 is 3.29. The first-order chi connectivity index (χ1) is 7.19. The molecule has 0 saturated carbocycles. The Morgan fingerprint density at radius 3 is 2.93 bits per heavy atom. The Hall–Kier alpha value is -1.34. The Kier molecular flexibility index (Phi) is 4.32.